The molecule has 0 N–H and O–H groups in total. The lowest BCUT2D eigenvalue weighted by molar-refractivity contribution is -0.141. The lowest BCUT2D eigenvalue weighted by Gasteiger charge is -2.27. The maximum atomic E-state index is 12.7. The van der Waals surface area contributed by atoms with E-state index >= 15 is 0 Å². The molecule has 1 heterocycles. The zero-order valence-electron chi connectivity index (χ0n) is 14.8. The minimum absolute atomic E-state index is 0.0163. The molecule has 27 heavy (non-hydrogen) atoms. The molecule has 3 rings (SSSR count). The number of hydrogen-bond acceptors (Lipinski definition) is 5. The number of imide groups is 1. The maximum absolute atomic E-state index is 12.7. The molecule has 0 aromatic heterocycles. The van der Waals surface area contributed by atoms with Crippen LogP contribution in [0.1, 0.15) is 34.0 Å². The number of rotatable bonds is 4. The van der Waals surface area contributed by atoms with Crippen LogP contribution in [0.3, 0.4) is 0 Å². The van der Waals surface area contributed by atoms with Crippen molar-refractivity contribution < 1.29 is 22.3 Å². The summed E-state index contributed by atoms with van der Waals surface area (Å²) in [5.41, 5.74) is 2.01. The number of carbonyl (C=O) groups excluding carboxylic acids is 2. The first-order valence-electron chi connectivity index (χ1n) is 8.11. The van der Waals surface area contributed by atoms with Gasteiger partial charge in [0.2, 0.25) is 0 Å². The molecule has 0 spiro atoms. The number of fused-ring (bicyclic) bond motifs is 1. The number of nitrogens with zero attached hydrogens (tertiary/aromatic N) is 1. The second kappa shape index (κ2) is 6.94. The Balaban J connectivity index is 2.02. The molecule has 7 heteroatoms. The van der Waals surface area contributed by atoms with Gasteiger partial charge in [0.25, 0.3) is 11.8 Å². The zero-order valence-corrected chi connectivity index (χ0v) is 15.6. The van der Waals surface area contributed by atoms with E-state index in [0.717, 1.165) is 5.56 Å². The quantitative estimate of drug-likeness (QED) is 0.597. The van der Waals surface area contributed by atoms with Crippen LogP contribution in [-0.4, -0.2) is 25.3 Å². The molecule has 0 unspecified atom stereocenters. The van der Waals surface area contributed by atoms with Crippen LogP contribution in [-0.2, 0) is 19.2 Å². The average Bonchev–Trinajstić information content (AvgIpc) is 2.64. The van der Waals surface area contributed by atoms with Crippen molar-refractivity contribution in [1.82, 2.24) is 5.06 Å². The molecule has 2 aromatic rings. The molecule has 0 atom stereocenters. The number of hydroxylamine groups is 2. The second-order valence-corrected chi connectivity index (χ2v) is 7.52. The van der Waals surface area contributed by atoms with Crippen molar-refractivity contribution in [2.45, 2.75) is 18.7 Å². The normalized spacial score (nSPS) is 14.7. The standard InChI is InChI=1S/C20H17NO5S/c1-4-6-15-7-5-8-17-18(15)14(3)19(22)21(20(17)23)26-27(24,25)16-11-9-13(2)10-12-16/h4-12H,3H2,1-2H3/b6-4-. The summed E-state index contributed by atoms with van der Waals surface area (Å²) in [5.74, 6) is -1.77. The molecule has 138 valence electrons. The molecule has 0 aliphatic carbocycles. The van der Waals surface area contributed by atoms with Crippen LogP contribution < -0.4 is 0 Å². The first-order valence-corrected chi connectivity index (χ1v) is 9.52. The van der Waals surface area contributed by atoms with E-state index in [1.165, 1.54) is 18.2 Å². The van der Waals surface area contributed by atoms with E-state index in [4.69, 9.17) is 4.28 Å². The topological polar surface area (TPSA) is 80.8 Å². The summed E-state index contributed by atoms with van der Waals surface area (Å²) >= 11 is 0. The van der Waals surface area contributed by atoms with Gasteiger partial charge in [-0.05, 0) is 37.6 Å². The summed E-state index contributed by atoms with van der Waals surface area (Å²) in [7, 11) is -4.36. The maximum Gasteiger partial charge on any atom is 0.318 e. The van der Waals surface area contributed by atoms with E-state index < -0.39 is 21.9 Å². The highest BCUT2D eigenvalue weighted by Crippen LogP contribution is 2.32. The van der Waals surface area contributed by atoms with Crippen LogP contribution in [0.5, 0.6) is 0 Å². The fraction of sp³-hybridized carbons (Fsp3) is 0.100. The van der Waals surface area contributed by atoms with Gasteiger partial charge in [0.1, 0.15) is 0 Å². The molecule has 1 aliphatic rings. The number of allylic oxidation sites excluding steroid dienone is 1. The summed E-state index contributed by atoms with van der Waals surface area (Å²) in [6, 6.07) is 10.7. The number of amides is 2. The van der Waals surface area contributed by atoms with Gasteiger partial charge in [-0.25, -0.2) is 0 Å². The predicted molar refractivity (Wildman–Crippen MR) is 101 cm³/mol. The predicted octanol–water partition coefficient (Wildman–Crippen LogP) is 3.34. The first-order chi connectivity index (χ1) is 12.8. The van der Waals surface area contributed by atoms with E-state index in [2.05, 4.69) is 6.58 Å². The van der Waals surface area contributed by atoms with E-state index in [1.54, 1.807) is 50.3 Å². The van der Waals surface area contributed by atoms with Gasteiger partial charge in [-0.1, -0.05) is 48.6 Å². The van der Waals surface area contributed by atoms with Gasteiger partial charge in [0.15, 0.2) is 0 Å². The van der Waals surface area contributed by atoms with Crippen molar-refractivity contribution in [2.75, 3.05) is 0 Å². The molecule has 0 bridgehead atoms. The smallest absolute Gasteiger partial charge is 0.266 e. The van der Waals surface area contributed by atoms with Crippen LogP contribution >= 0.6 is 0 Å². The Kier molecular flexibility index (Phi) is 4.82. The van der Waals surface area contributed by atoms with Crippen LogP contribution in [0.4, 0.5) is 0 Å². The Morgan fingerprint density at radius 3 is 2.33 bits per heavy atom. The third kappa shape index (κ3) is 3.34. The summed E-state index contributed by atoms with van der Waals surface area (Å²) in [5, 5.41) is 0.249. The van der Waals surface area contributed by atoms with Gasteiger partial charge >= 0.3 is 10.1 Å². The van der Waals surface area contributed by atoms with Gasteiger partial charge in [-0.2, -0.15) is 8.42 Å². The highest BCUT2D eigenvalue weighted by Gasteiger charge is 2.39. The average molecular weight is 383 g/mol. The van der Waals surface area contributed by atoms with Crippen molar-refractivity contribution in [3.63, 3.8) is 0 Å². The van der Waals surface area contributed by atoms with Crippen molar-refractivity contribution >= 4 is 33.6 Å². The molecule has 6 nitrogen and oxygen atoms in total. The molecule has 0 saturated heterocycles. The minimum Gasteiger partial charge on any atom is -0.266 e. The second-order valence-electron chi connectivity index (χ2n) is 5.99. The lowest BCUT2D eigenvalue weighted by atomic mass is 9.91. The van der Waals surface area contributed by atoms with Crippen molar-refractivity contribution in [2.24, 2.45) is 0 Å². The zero-order chi connectivity index (χ0) is 19.8. The van der Waals surface area contributed by atoms with Gasteiger partial charge in [-0.15, -0.1) is 9.35 Å². The number of carbonyl (C=O) groups is 2. The van der Waals surface area contributed by atoms with Gasteiger partial charge in [-0.3, -0.25) is 9.59 Å². The summed E-state index contributed by atoms with van der Waals surface area (Å²) in [4.78, 5) is 25.2. The van der Waals surface area contributed by atoms with Gasteiger partial charge in [0, 0.05) is 11.1 Å². The molecule has 0 radical (unpaired) electrons. The number of aryl methyl sites for hydroxylation is 1. The lowest BCUT2D eigenvalue weighted by Crippen LogP contribution is -2.43. The van der Waals surface area contributed by atoms with Crippen LogP contribution in [0, 0.1) is 6.92 Å². The molecule has 2 aromatic carbocycles. The van der Waals surface area contributed by atoms with Gasteiger partial charge < -0.3 is 0 Å². The third-order valence-electron chi connectivity index (χ3n) is 4.08. The molecule has 0 fully saturated rings. The molecule has 1 aliphatic heterocycles. The van der Waals surface area contributed by atoms with E-state index in [1.807, 2.05) is 0 Å². The third-order valence-corrected chi connectivity index (χ3v) is 5.28. The Morgan fingerprint density at radius 2 is 1.70 bits per heavy atom. The Morgan fingerprint density at radius 1 is 1.04 bits per heavy atom. The van der Waals surface area contributed by atoms with E-state index in [0.29, 0.717) is 11.1 Å². The molecule has 2 amide bonds. The Hall–Kier alpha value is -3.03. The van der Waals surface area contributed by atoms with Gasteiger partial charge in [0.05, 0.1) is 10.5 Å². The largest absolute Gasteiger partial charge is 0.318 e. The molecule has 0 saturated carbocycles. The summed E-state index contributed by atoms with van der Waals surface area (Å²) < 4.78 is 29.8. The Labute approximate surface area is 157 Å². The SMILES string of the molecule is C=C1C(=O)N(OS(=O)(=O)c2ccc(C)cc2)C(=O)c2cccc(/C=C\C)c21. The van der Waals surface area contributed by atoms with E-state index in [-0.39, 0.29) is 21.1 Å². The molecular formula is C20H17NO5S. The highest BCUT2D eigenvalue weighted by atomic mass is 32.2. The van der Waals surface area contributed by atoms with Crippen molar-refractivity contribution in [3.05, 3.63) is 77.4 Å². The van der Waals surface area contributed by atoms with Crippen molar-refractivity contribution in [3.8, 4) is 0 Å². The summed E-state index contributed by atoms with van der Waals surface area (Å²) in [6.45, 7) is 7.33. The van der Waals surface area contributed by atoms with Crippen molar-refractivity contribution in [1.29, 1.82) is 0 Å². The van der Waals surface area contributed by atoms with E-state index in [9.17, 15) is 18.0 Å². The van der Waals surface area contributed by atoms with Crippen LogP contribution in [0.2, 0.25) is 0 Å². The highest BCUT2D eigenvalue weighted by molar-refractivity contribution is 7.86. The number of benzene rings is 2. The fourth-order valence-corrected chi connectivity index (χ4v) is 3.64. The summed E-state index contributed by atoms with van der Waals surface area (Å²) in [6.07, 6.45) is 3.51. The number of hydrogen-bond donors (Lipinski definition) is 0. The monoisotopic (exact) mass is 383 g/mol. The minimum atomic E-state index is -4.36. The fourth-order valence-electron chi connectivity index (χ4n) is 2.75. The first kappa shape index (κ1) is 18.8. The van der Waals surface area contributed by atoms with Crippen LogP contribution in [0.15, 0.2) is 60.0 Å². The Bertz CT molecular complexity index is 1080. The van der Waals surface area contributed by atoms with Crippen LogP contribution in [0.25, 0.3) is 11.6 Å². The molecular weight excluding hydrogens is 366 g/mol.